The molecule has 0 radical (unpaired) electrons. The van der Waals surface area contributed by atoms with Gasteiger partial charge in [0, 0.05) is 12.1 Å². The van der Waals surface area contributed by atoms with Gasteiger partial charge in [-0.25, -0.2) is 9.97 Å². The molecule has 3 fully saturated rings. The van der Waals surface area contributed by atoms with Crippen LogP contribution in [0.25, 0.3) is 0 Å². The molecule has 2 N–H and O–H groups in total. The molecule has 3 saturated carbocycles. The molecular formula is C15H21N3. The third-order valence-electron chi connectivity index (χ3n) is 5.61. The van der Waals surface area contributed by atoms with E-state index in [2.05, 4.69) is 9.97 Å². The van der Waals surface area contributed by atoms with Crippen LogP contribution >= 0.6 is 0 Å². The second-order valence-electron chi connectivity index (χ2n) is 6.40. The Labute approximate surface area is 108 Å². The molecule has 96 valence electrons. The fraction of sp³-hybridized carbons (Fsp3) is 0.733. The molecule has 4 aliphatic rings. The zero-order valence-electron chi connectivity index (χ0n) is 10.8. The second kappa shape index (κ2) is 3.94. The van der Waals surface area contributed by atoms with Crippen LogP contribution in [-0.4, -0.2) is 9.97 Å². The Morgan fingerprint density at radius 3 is 2.67 bits per heavy atom. The van der Waals surface area contributed by atoms with Crippen molar-refractivity contribution in [1.29, 1.82) is 0 Å². The molecule has 2 bridgehead atoms. The number of aromatic nitrogens is 2. The lowest BCUT2D eigenvalue weighted by molar-refractivity contribution is 0.0619. The van der Waals surface area contributed by atoms with E-state index in [1.54, 1.807) is 0 Å². The van der Waals surface area contributed by atoms with E-state index in [0.29, 0.717) is 11.9 Å². The highest BCUT2D eigenvalue weighted by Crippen LogP contribution is 2.56. The molecule has 1 heterocycles. The van der Waals surface area contributed by atoms with Gasteiger partial charge in [-0.05, 0) is 68.3 Å². The highest BCUT2D eigenvalue weighted by molar-refractivity contribution is 5.31. The van der Waals surface area contributed by atoms with Gasteiger partial charge in [-0.1, -0.05) is 0 Å². The van der Waals surface area contributed by atoms with Crippen molar-refractivity contribution in [3.8, 4) is 0 Å². The summed E-state index contributed by atoms with van der Waals surface area (Å²) in [5.74, 6) is 3.87. The van der Waals surface area contributed by atoms with Crippen LogP contribution in [0, 0.1) is 17.8 Å². The number of hydrogen-bond donors (Lipinski definition) is 1. The predicted octanol–water partition coefficient (Wildman–Crippen LogP) is 2.91. The molecular weight excluding hydrogens is 222 g/mol. The van der Waals surface area contributed by atoms with E-state index >= 15 is 0 Å². The van der Waals surface area contributed by atoms with Crippen LogP contribution in [0.1, 0.15) is 55.7 Å². The van der Waals surface area contributed by atoms with E-state index in [1.165, 1.54) is 49.8 Å². The minimum absolute atomic E-state index is 0.468. The summed E-state index contributed by atoms with van der Waals surface area (Å²) >= 11 is 0. The fourth-order valence-corrected chi connectivity index (χ4v) is 4.86. The Morgan fingerprint density at radius 1 is 1.06 bits per heavy atom. The van der Waals surface area contributed by atoms with Crippen LogP contribution in [0.5, 0.6) is 0 Å². The number of nitrogens with two attached hydrogens (primary N) is 1. The first-order valence-electron chi connectivity index (χ1n) is 7.44. The lowest BCUT2D eigenvalue weighted by Gasteiger charge is -2.48. The summed E-state index contributed by atoms with van der Waals surface area (Å²) in [6.45, 7) is 0. The summed E-state index contributed by atoms with van der Waals surface area (Å²) in [4.78, 5) is 8.84. The number of anilines is 1. The third-order valence-corrected chi connectivity index (χ3v) is 5.61. The molecule has 0 amide bonds. The van der Waals surface area contributed by atoms with E-state index in [4.69, 9.17) is 5.73 Å². The molecule has 5 rings (SSSR count). The molecule has 2 atom stereocenters. The van der Waals surface area contributed by atoms with E-state index in [-0.39, 0.29) is 0 Å². The van der Waals surface area contributed by atoms with Crippen molar-refractivity contribution in [1.82, 2.24) is 9.97 Å². The Balaban J connectivity index is 1.82. The number of nitrogen functional groups attached to an aromatic ring is 1. The first-order chi connectivity index (χ1) is 8.83. The number of hydrogen-bond acceptors (Lipinski definition) is 3. The zero-order valence-corrected chi connectivity index (χ0v) is 10.8. The third kappa shape index (κ3) is 1.49. The van der Waals surface area contributed by atoms with Gasteiger partial charge in [0.15, 0.2) is 0 Å². The summed E-state index contributed by atoms with van der Waals surface area (Å²) in [6.07, 6.45) is 11.6. The van der Waals surface area contributed by atoms with E-state index in [0.717, 1.165) is 24.2 Å². The highest BCUT2D eigenvalue weighted by Gasteiger charge is 2.46. The Hall–Kier alpha value is -1.12. The van der Waals surface area contributed by atoms with Gasteiger partial charge in [0.2, 0.25) is 5.95 Å². The minimum Gasteiger partial charge on any atom is -0.368 e. The number of rotatable bonds is 0. The van der Waals surface area contributed by atoms with Crippen molar-refractivity contribution >= 4 is 5.95 Å². The van der Waals surface area contributed by atoms with Crippen molar-refractivity contribution in [2.75, 3.05) is 5.73 Å². The number of aryl methyl sites for hydroxylation is 1. The summed E-state index contributed by atoms with van der Waals surface area (Å²) in [7, 11) is 0. The van der Waals surface area contributed by atoms with Crippen LogP contribution in [0.4, 0.5) is 5.95 Å². The maximum Gasteiger partial charge on any atom is 0.220 e. The Bertz CT molecular complexity index is 463. The van der Waals surface area contributed by atoms with Crippen LogP contribution in [0.3, 0.4) is 0 Å². The smallest absolute Gasteiger partial charge is 0.220 e. The topological polar surface area (TPSA) is 51.8 Å². The molecule has 1 aromatic heterocycles. The van der Waals surface area contributed by atoms with Crippen molar-refractivity contribution in [3.63, 3.8) is 0 Å². The molecule has 3 nitrogen and oxygen atoms in total. The number of fused-ring (bicyclic) bond motifs is 3. The van der Waals surface area contributed by atoms with Crippen LogP contribution in [0.2, 0.25) is 0 Å². The van der Waals surface area contributed by atoms with Gasteiger partial charge in [0.05, 0.1) is 5.69 Å². The fourth-order valence-electron chi connectivity index (χ4n) is 4.86. The summed E-state index contributed by atoms with van der Waals surface area (Å²) in [6, 6.07) is 0. The van der Waals surface area contributed by atoms with Gasteiger partial charge < -0.3 is 5.73 Å². The Morgan fingerprint density at radius 2 is 1.83 bits per heavy atom. The van der Waals surface area contributed by atoms with Gasteiger partial charge >= 0.3 is 0 Å². The van der Waals surface area contributed by atoms with E-state index < -0.39 is 0 Å². The second-order valence-corrected chi connectivity index (χ2v) is 6.40. The molecule has 0 spiro atoms. The lowest BCUT2D eigenvalue weighted by Crippen LogP contribution is -2.38. The molecule has 3 heteroatoms. The van der Waals surface area contributed by atoms with Crippen molar-refractivity contribution in [2.24, 2.45) is 17.8 Å². The average molecular weight is 243 g/mol. The van der Waals surface area contributed by atoms with Gasteiger partial charge in [0.25, 0.3) is 0 Å². The van der Waals surface area contributed by atoms with Crippen molar-refractivity contribution < 1.29 is 0 Å². The van der Waals surface area contributed by atoms with Crippen LogP contribution in [0.15, 0.2) is 6.20 Å². The summed E-state index contributed by atoms with van der Waals surface area (Å²) in [5.41, 5.74) is 8.53. The lowest BCUT2D eigenvalue weighted by atomic mass is 9.57. The predicted molar refractivity (Wildman–Crippen MR) is 71.1 cm³/mol. The molecule has 0 aliphatic heterocycles. The SMILES string of the molecule is Nc1ncc2c(n1)C1C3CCC(CC3)C1CCC2. The summed E-state index contributed by atoms with van der Waals surface area (Å²) < 4.78 is 0. The van der Waals surface area contributed by atoms with Crippen LogP contribution in [-0.2, 0) is 6.42 Å². The van der Waals surface area contributed by atoms with Crippen LogP contribution < -0.4 is 5.73 Å². The maximum absolute atomic E-state index is 5.83. The maximum atomic E-state index is 5.83. The first kappa shape index (κ1) is 10.8. The van der Waals surface area contributed by atoms with Gasteiger partial charge in [-0.3, -0.25) is 0 Å². The monoisotopic (exact) mass is 243 g/mol. The van der Waals surface area contributed by atoms with Crippen molar-refractivity contribution in [2.45, 2.75) is 50.9 Å². The van der Waals surface area contributed by atoms with Gasteiger partial charge in [-0.15, -0.1) is 0 Å². The van der Waals surface area contributed by atoms with Crippen molar-refractivity contribution in [3.05, 3.63) is 17.5 Å². The largest absolute Gasteiger partial charge is 0.368 e. The van der Waals surface area contributed by atoms with E-state index in [1.807, 2.05) is 6.20 Å². The van der Waals surface area contributed by atoms with E-state index in [9.17, 15) is 0 Å². The molecule has 0 saturated heterocycles. The number of nitrogens with zero attached hydrogens (tertiary/aromatic N) is 2. The molecule has 4 aliphatic carbocycles. The molecule has 2 unspecified atom stereocenters. The quantitative estimate of drug-likeness (QED) is 0.762. The average Bonchev–Trinajstić information content (AvgIpc) is 2.60. The van der Waals surface area contributed by atoms with Gasteiger partial charge in [-0.2, -0.15) is 0 Å². The highest BCUT2D eigenvalue weighted by atomic mass is 15.0. The normalized spacial score (nSPS) is 37.8. The minimum atomic E-state index is 0.468. The van der Waals surface area contributed by atoms with Gasteiger partial charge in [0.1, 0.15) is 0 Å². The Kier molecular flexibility index (Phi) is 2.36. The molecule has 1 aromatic rings. The molecule has 0 aromatic carbocycles. The first-order valence-corrected chi connectivity index (χ1v) is 7.44. The zero-order chi connectivity index (χ0) is 12.1. The standard InChI is InChI=1S/C15H21N3/c16-15-17-8-11-2-1-3-12-9-4-6-10(7-5-9)13(12)14(11)18-15/h8-10,12-13H,1-7H2,(H2,16,17,18). The molecule has 18 heavy (non-hydrogen) atoms. The summed E-state index contributed by atoms with van der Waals surface area (Å²) in [5, 5.41) is 0.